The Kier molecular flexibility index (Phi) is 3.33. The van der Waals surface area contributed by atoms with Crippen LogP contribution >= 0.6 is 0 Å². The largest absolute Gasteiger partial charge is 0.388 e. The average Bonchev–Trinajstić information content (AvgIpc) is 2.33. The fourth-order valence-electron chi connectivity index (χ4n) is 1.49. The molecular formula is C10H21NO2. The Bertz CT molecular complexity index is 157. The number of ether oxygens (including phenoxy) is 1. The normalized spacial score (nSPS) is 29.5. The zero-order valence-corrected chi connectivity index (χ0v) is 8.89. The van der Waals surface area contributed by atoms with E-state index in [1.807, 2.05) is 20.8 Å². The Labute approximate surface area is 80.5 Å². The summed E-state index contributed by atoms with van der Waals surface area (Å²) in [7, 11) is 0. The van der Waals surface area contributed by atoms with Crippen LogP contribution in [0.25, 0.3) is 0 Å². The number of aliphatic hydroxyl groups is 1. The van der Waals surface area contributed by atoms with E-state index in [1.165, 1.54) is 0 Å². The van der Waals surface area contributed by atoms with Crippen molar-refractivity contribution in [3.8, 4) is 0 Å². The van der Waals surface area contributed by atoms with Crippen molar-refractivity contribution in [1.82, 2.24) is 5.32 Å². The second kappa shape index (κ2) is 3.95. The summed E-state index contributed by atoms with van der Waals surface area (Å²) in [5, 5.41) is 13.1. The van der Waals surface area contributed by atoms with E-state index in [0.717, 1.165) is 19.4 Å². The third-order valence-electron chi connectivity index (χ3n) is 2.32. The summed E-state index contributed by atoms with van der Waals surface area (Å²) in [6.07, 6.45) is 1.58. The molecule has 0 spiro atoms. The monoisotopic (exact) mass is 187 g/mol. The summed E-state index contributed by atoms with van der Waals surface area (Å²) in [6.45, 7) is 8.37. The van der Waals surface area contributed by atoms with Gasteiger partial charge in [-0.3, -0.25) is 0 Å². The first kappa shape index (κ1) is 11.0. The van der Waals surface area contributed by atoms with Gasteiger partial charge in [-0.15, -0.1) is 0 Å². The number of hydrogen-bond acceptors (Lipinski definition) is 3. The molecule has 1 heterocycles. The summed E-state index contributed by atoms with van der Waals surface area (Å²) in [5.41, 5.74) is -0.617. The molecule has 0 aromatic carbocycles. The minimum absolute atomic E-state index is 0.0948. The average molecular weight is 187 g/mol. The first-order valence-corrected chi connectivity index (χ1v) is 4.98. The molecule has 1 unspecified atom stereocenters. The molecule has 1 fully saturated rings. The van der Waals surface area contributed by atoms with Crippen LogP contribution in [-0.2, 0) is 4.74 Å². The molecule has 0 aromatic rings. The van der Waals surface area contributed by atoms with Gasteiger partial charge >= 0.3 is 0 Å². The van der Waals surface area contributed by atoms with Crippen LogP contribution < -0.4 is 5.32 Å². The van der Waals surface area contributed by atoms with Gasteiger partial charge in [0.25, 0.3) is 0 Å². The highest BCUT2D eigenvalue weighted by molar-refractivity contribution is 4.87. The molecular weight excluding hydrogens is 166 g/mol. The predicted octanol–water partition coefficient (Wildman–Crippen LogP) is 0.916. The highest BCUT2D eigenvalue weighted by atomic mass is 16.5. The van der Waals surface area contributed by atoms with E-state index < -0.39 is 5.60 Å². The second-order valence-electron chi connectivity index (χ2n) is 4.86. The third kappa shape index (κ3) is 4.07. The van der Waals surface area contributed by atoms with Crippen LogP contribution in [0.3, 0.4) is 0 Å². The SMILES string of the molecule is CC(C)(C)OCCC1(O)CCNC1. The molecule has 13 heavy (non-hydrogen) atoms. The smallest absolute Gasteiger partial charge is 0.0805 e. The van der Waals surface area contributed by atoms with Crippen molar-refractivity contribution in [1.29, 1.82) is 0 Å². The zero-order chi connectivity index (χ0) is 9.95. The van der Waals surface area contributed by atoms with E-state index >= 15 is 0 Å². The molecule has 1 rings (SSSR count). The van der Waals surface area contributed by atoms with Crippen molar-refractivity contribution in [2.45, 2.75) is 44.8 Å². The van der Waals surface area contributed by atoms with Crippen molar-refractivity contribution in [3.05, 3.63) is 0 Å². The summed E-state index contributed by atoms with van der Waals surface area (Å²) < 4.78 is 5.57. The Hall–Kier alpha value is -0.120. The fraction of sp³-hybridized carbons (Fsp3) is 1.00. The number of hydrogen-bond donors (Lipinski definition) is 2. The number of β-amino-alcohol motifs (C(OH)–C–C–N with tert-alkyl or cyclic N) is 1. The van der Waals surface area contributed by atoms with E-state index in [2.05, 4.69) is 5.32 Å². The molecule has 0 amide bonds. The van der Waals surface area contributed by atoms with Gasteiger partial charge in [-0.2, -0.15) is 0 Å². The van der Waals surface area contributed by atoms with E-state index in [1.54, 1.807) is 0 Å². The highest BCUT2D eigenvalue weighted by Gasteiger charge is 2.30. The van der Waals surface area contributed by atoms with Gasteiger partial charge in [-0.25, -0.2) is 0 Å². The van der Waals surface area contributed by atoms with Gasteiger partial charge in [0.1, 0.15) is 0 Å². The van der Waals surface area contributed by atoms with Gasteiger partial charge in [0.15, 0.2) is 0 Å². The molecule has 0 aromatic heterocycles. The molecule has 1 saturated heterocycles. The van der Waals surface area contributed by atoms with Crippen LogP contribution in [0.4, 0.5) is 0 Å². The lowest BCUT2D eigenvalue weighted by atomic mass is 9.99. The summed E-state index contributed by atoms with van der Waals surface area (Å²) in [5.74, 6) is 0. The zero-order valence-electron chi connectivity index (χ0n) is 8.89. The lowest BCUT2D eigenvalue weighted by Crippen LogP contribution is -2.34. The maximum Gasteiger partial charge on any atom is 0.0805 e. The minimum Gasteiger partial charge on any atom is -0.388 e. The molecule has 2 N–H and O–H groups in total. The standard InChI is InChI=1S/C10H21NO2/c1-9(2,3)13-7-5-10(12)4-6-11-8-10/h11-12H,4-8H2,1-3H3. The Morgan fingerprint density at radius 3 is 2.62 bits per heavy atom. The molecule has 1 aliphatic rings. The Morgan fingerprint density at radius 2 is 2.15 bits per heavy atom. The quantitative estimate of drug-likeness (QED) is 0.690. The van der Waals surface area contributed by atoms with Crippen molar-refractivity contribution in [2.24, 2.45) is 0 Å². The van der Waals surface area contributed by atoms with E-state index in [-0.39, 0.29) is 5.60 Å². The van der Waals surface area contributed by atoms with Gasteiger partial charge < -0.3 is 15.2 Å². The number of rotatable bonds is 3. The molecule has 1 atom stereocenters. The van der Waals surface area contributed by atoms with Crippen LogP contribution in [0.5, 0.6) is 0 Å². The Morgan fingerprint density at radius 1 is 1.46 bits per heavy atom. The minimum atomic E-state index is -0.523. The Balaban J connectivity index is 2.18. The second-order valence-corrected chi connectivity index (χ2v) is 4.86. The molecule has 0 radical (unpaired) electrons. The summed E-state index contributed by atoms with van der Waals surface area (Å²) in [6, 6.07) is 0. The molecule has 3 nitrogen and oxygen atoms in total. The maximum atomic E-state index is 9.95. The van der Waals surface area contributed by atoms with Gasteiger partial charge in [-0.05, 0) is 33.7 Å². The molecule has 0 aliphatic carbocycles. The summed E-state index contributed by atoms with van der Waals surface area (Å²) >= 11 is 0. The lowest BCUT2D eigenvalue weighted by molar-refractivity contribution is -0.0405. The fourth-order valence-corrected chi connectivity index (χ4v) is 1.49. The molecule has 3 heteroatoms. The van der Waals surface area contributed by atoms with Crippen LogP contribution in [0.1, 0.15) is 33.6 Å². The molecule has 0 bridgehead atoms. The van der Waals surface area contributed by atoms with Gasteiger partial charge in [0.2, 0.25) is 0 Å². The first-order chi connectivity index (χ1) is 5.91. The highest BCUT2D eigenvalue weighted by Crippen LogP contribution is 2.19. The van der Waals surface area contributed by atoms with E-state index in [9.17, 15) is 5.11 Å². The van der Waals surface area contributed by atoms with Crippen molar-refractivity contribution in [3.63, 3.8) is 0 Å². The molecule has 78 valence electrons. The summed E-state index contributed by atoms with van der Waals surface area (Å²) in [4.78, 5) is 0. The molecule has 0 saturated carbocycles. The maximum absolute atomic E-state index is 9.95. The predicted molar refractivity (Wildman–Crippen MR) is 52.8 cm³/mol. The van der Waals surface area contributed by atoms with Crippen molar-refractivity contribution < 1.29 is 9.84 Å². The van der Waals surface area contributed by atoms with Gasteiger partial charge in [0, 0.05) is 13.0 Å². The van der Waals surface area contributed by atoms with E-state index in [4.69, 9.17) is 4.74 Å². The number of nitrogens with one attached hydrogen (secondary N) is 1. The van der Waals surface area contributed by atoms with Crippen molar-refractivity contribution >= 4 is 0 Å². The van der Waals surface area contributed by atoms with Crippen LogP contribution in [0.15, 0.2) is 0 Å². The van der Waals surface area contributed by atoms with Crippen LogP contribution in [0, 0.1) is 0 Å². The van der Waals surface area contributed by atoms with Crippen LogP contribution in [0.2, 0.25) is 0 Å². The van der Waals surface area contributed by atoms with Gasteiger partial charge in [-0.1, -0.05) is 0 Å². The van der Waals surface area contributed by atoms with E-state index in [0.29, 0.717) is 13.2 Å². The third-order valence-corrected chi connectivity index (χ3v) is 2.32. The van der Waals surface area contributed by atoms with Crippen molar-refractivity contribution in [2.75, 3.05) is 19.7 Å². The topological polar surface area (TPSA) is 41.5 Å². The van der Waals surface area contributed by atoms with Gasteiger partial charge in [0.05, 0.1) is 17.8 Å². The van der Waals surface area contributed by atoms with Crippen LogP contribution in [-0.4, -0.2) is 36.0 Å². The molecule has 1 aliphatic heterocycles. The first-order valence-electron chi connectivity index (χ1n) is 4.98. The lowest BCUT2D eigenvalue weighted by Gasteiger charge is -2.25.